The third kappa shape index (κ3) is 3.07. The molecule has 1 aliphatic rings. The van der Waals surface area contributed by atoms with Crippen molar-refractivity contribution in [3.05, 3.63) is 35.4 Å². The number of amides is 1. The van der Waals surface area contributed by atoms with Crippen molar-refractivity contribution in [1.29, 1.82) is 0 Å². The molecule has 1 aliphatic carbocycles. The van der Waals surface area contributed by atoms with E-state index >= 15 is 0 Å². The van der Waals surface area contributed by atoms with Gasteiger partial charge in [0.1, 0.15) is 0 Å². The second kappa shape index (κ2) is 5.82. The smallest absolute Gasteiger partial charge is 0.223 e. The molecule has 0 atom stereocenters. The van der Waals surface area contributed by atoms with Crippen molar-refractivity contribution < 1.29 is 4.79 Å². The summed E-state index contributed by atoms with van der Waals surface area (Å²) >= 11 is 0. The van der Waals surface area contributed by atoms with Crippen LogP contribution in [0.1, 0.15) is 36.8 Å². The summed E-state index contributed by atoms with van der Waals surface area (Å²) in [5.41, 5.74) is 7.90. The van der Waals surface area contributed by atoms with Gasteiger partial charge in [0.15, 0.2) is 0 Å². The van der Waals surface area contributed by atoms with Crippen molar-refractivity contribution in [3.63, 3.8) is 0 Å². The summed E-state index contributed by atoms with van der Waals surface area (Å²) in [6.07, 6.45) is 4.48. The Morgan fingerprint density at radius 1 is 1.24 bits per heavy atom. The molecule has 1 saturated carbocycles. The lowest BCUT2D eigenvalue weighted by Crippen LogP contribution is -2.29. The first-order valence-corrected chi connectivity index (χ1v) is 6.36. The Kier molecular flexibility index (Phi) is 4.15. The fourth-order valence-electron chi connectivity index (χ4n) is 2.44. The molecule has 0 saturated heterocycles. The maximum Gasteiger partial charge on any atom is 0.223 e. The Labute approximate surface area is 102 Å². The van der Waals surface area contributed by atoms with Gasteiger partial charge in [0, 0.05) is 19.0 Å². The van der Waals surface area contributed by atoms with Crippen molar-refractivity contribution in [3.8, 4) is 0 Å². The van der Waals surface area contributed by atoms with Gasteiger partial charge in [-0.15, -0.1) is 0 Å². The van der Waals surface area contributed by atoms with Gasteiger partial charge in [-0.2, -0.15) is 0 Å². The maximum absolute atomic E-state index is 11.9. The Hall–Kier alpha value is -1.35. The van der Waals surface area contributed by atoms with E-state index in [2.05, 4.69) is 5.32 Å². The van der Waals surface area contributed by atoms with Crippen LogP contribution >= 0.6 is 0 Å². The minimum absolute atomic E-state index is 0.203. The first kappa shape index (κ1) is 12.1. The van der Waals surface area contributed by atoms with Crippen molar-refractivity contribution in [2.45, 2.75) is 38.8 Å². The molecule has 1 fully saturated rings. The number of hydrogen-bond acceptors (Lipinski definition) is 2. The first-order valence-electron chi connectivity index (χ1n) is 6.36. The van der Waals surface area contributed by atoms with E-state index < -0.39 is 0 Å². The molecule has 0 heterocycles. The fraction of sp³-hybridized carbons (Fsp3) is 0.500. The highest BCUT2D eigenvalue weighted by Crippen LogP contribution is 2.24. The summed E-state index contributed by atoms with van der Waals surface area (Å²) in [6.45, 7) is 1.12. The molecule has 0 radical (unpaired) electrons. The summed E-state index contributed by atoms with van der Waals surface area (Å²) < 4.78 is 0. The van der Waals surface area contributed by atoms with Crippen LogP contribution in [0.15, 0.2) is 24.3 Å². The number of carbonyl (C=O) groups is 1. The summed E-state index contributed by atoms with van der Waals surface area (Å²) in [5.74, 6) is 0.439. The zero-order valence-corrected chi connectivity index (χ0v) is 10.1. The van der Waals surface area contributed by atoms with Gasteiger partial charge in [-0.25, -0.2) is 0 Å². The number of carbonyl (C=O) groups excluding carboxylic acids is 1. The molecule has 3 N–H and O–H groups in total. The van der Waals surface area contributed by atoms with Gasteiger partial charge in [0.2, 0.25) is 5.91 Å². The van der Waals surface area contributed by atoms with E-state index in [9.17, 15) is 4.79 Å². The molecule has 92 valence electrons. The molecule has 2 rings (SSSR count). The molecule has 0 aromatic heterocycles. The first-order chi connectivity index (χ1) is 8.31. The second-order valence-electron chi connectivity index (χ2n) is 4.67. The summed E-state index contributed by atoms with van der Waals surface area (Å²) in [7, 11) is 0. The monoisotopic (exact) mass is 232 g/mol. The highest BCUT2D eigenvalue weighted by Gasteiger charge is 2.22. The maximum atomic E-state index is 11.9. The quantitative estimate of drug-likeness (QED) is 0.833. The number of nitrogens with one attached hydrogen (secondary N) is 1. The van der Waals surface area contributed by atoms with Crippen LogP contribution in [-0.2, 0) is 17.9 Å². The topological polar surface area (TPSA) is 55.1 Å². The number of rotatable bonds is 4. The molecule has 1 amide bonds. The lowest BCUT2D eigenvalue weighted by molar-refractivity contribution is -0.124. The van der Waals surface area contributed by atoms with Gasteiger partial charge in [-0.3, -0.25) is 4.79 Å². The van der Waals surface area contributed by atoms with E-state index in [4.69, 9.17) is 5.73 Å². The van der Waals surface area contributed by atoms with Gasteiger partial charge in [0.25, 0.3) is 0 Å². The normalized spacial score (nSPS) is 16.1. The minimum atomic E-state index is 0.203. The molecular formula is C14H20N2O. The zero-order valence-electron chi connectivity index (χ0n) is 10.1. The van der Waals surface area contributed by atoms with Crippen molar-refractivity contribution in [1.82, 2.24) is 5.32 Å². The van der Waals surface area contributed by atoms with E-state index in [1.165, 1.54) is 12.8 Å². The zero-order chi connectivity index (χ0) is 12.1. The average molecular weight is 232 g/mol. The van der Waals surface area contributed by atoms with Crippen molar-refractivity contribution in [2.75, 3.05) is 0 Å². The molecule has 0 unspecified atom stereocenters. The summed E-state index contributed by atoms with van der Waals surface area (Å²) in [6, 6.07) is 7.99. The van der Waals surface area contributed by atoms with Crippen LogP contribution in [0.5, 0.6) is 0 Å². The van der Waals surface area contributed by atoms with E-state index in [0.29, 0.717) is 13.1 Å². The van der Waals surface area contributed by atoms with Crippen LogP contribution in [0, 0.1) is 5.92 Å². The summed E-state index contributed by atoms with van der Waals surface area (Å²) in [5, 5.41) is 3.02. The van der Waals surface area contributed by atoms with E-state index in [1.54, 1.807) is 0 Å². The Balaban J connectivity index is 1.90. The number of hydrogen-bond donors (Lipinski definition) is 2. The van der Waals surface area contributed by atoms with Crippen LogP contribution < -0.4 is 11.1 Å². The molecule has 3 heteroatoms. The van der Waals surface area contributed by atoms with E-state index in [1.807, 2.05) is 24.3 Å². The predicted molar refractivity (Wildman–Crippen MR) is 68.1 cm³/mol. The SMILES string of the molecule is NCc1ccccc1CNC(=O)C1CCCC1. The van der Waals surface area contributed by atoms with Crippen LogP contribution in [-0.4, -0.2) is 5.91 Å². The summed E-state index contributed by atoms with van der Waals surface area (Å²) in [4.78, 5) is 11.9. The van der Waals surface area contributed by atoms with Gasteiger partial charge >= 0.3 is 0 Å². The highest BCUT2D eigenvalue weighted by atomic mass is 16.1. The molecule has 0 bridgehead atoms. The highest BCUT2D eigenvalue weighted by molar-refractivity contribution is 5.78. The Bertz CT molecular complexity index is 384. The lowest BCUT2D eigenvalue weighted by Gasteiger charge is -2.12. The van der Waals surface area contributed by atoms with E-state index in [-0.39, 0.29) is 11.8 Å². The molecule has 0 aliphatic heterocycles. The van der Waals surface area contributed by atoms with Gasteiger partial charge < -0.3 is 11.1 Å². The molecule has 3 nitrogen and oxygen atoms in total. The fourth-order valence-corrected chi connectivity index (χ4v) is 2.44. The van der Waals surface area contributed by atoms with Gasteiger partial charge in [-0.05, 0) is 24.0 Å². The van der Waals surface area contributed by atoms with Crippen LogP contribution in [0.4, 0.5) is 0 Å². The second-order valence-corrected chi connectivity index (χ2v) is 4.67. The molecule has 0 spiro atoms. The molecule has 1 aromatic rings. The van der Waals surface area contributed by atoms with E-state index in [0.717, 1.165) is 24.0 Å². The lowest BCUT2D eigenvalue weighted by atomic mass is 10.1. The van der Waals surface area contributed by atoms with Gasteiger partial charge in [-0.1, -0.05) is 37.1 Å². The average Bonchev–Trinajstić information content (AvgIpc) is 2.90. The third-order valence-electron chi connectivity index (χ3n) is 3.52. The van der Waals surface area contributed by atoms with Crippen LogP contribution in [0.25, 0.3) is 0 Å². The molecule has 1 aromatic carbocycles. The largest absolute Gasteiger partial charge is 0.352 e. The third-order valence-corrected chi connectivity index (χ3v) is 3.52. The molecule has 17 heavy (non-hydrogen) atoms. The number of benzene rings is 1. The standard InChI is InChI=1S/C14H20N2O/c15-9-12-7-3-4-8-13(12)10-16-14(17)11-5-1-2-6-11/h3-4,7-8,11H,1-2,5-6,9-10,15H2,(H,16,17). The molecular weight excluding hydrogens is 212 g/mol. The minimum Gasteiger partial charge on any atom is -0.352 e. The predicted octanol–water partition coefficient (Wildman–Crippen LogP) is 1.95. The van der Waals surface area contributed by atoms with Crippen molar-refractivity contribution in [2.24, 2.45) is 11.7 Å². The Morgan fingerprint density at radius 2 is 1.88 bits per heavy atom. The Morgan fingerprint density at radius 3 is 2.53 bits per heavy atom. The van der Waals surface area contributed by atoms with Crippen LogP contribution in [0.3, 0.4) is 0 Å². The number of nitrogens with two attached hydrogens (primary N) is 1. The van der Waals surface area contributed by atoms with Crippen LogP contribution in [0.2, 0.25) is 0 Å². The van der Waals surface area contributed by atoms with Gasteiger partial charge in [0.05, 0.1) is 0 Å². The van der Waals surface area contributed by atoms with Crippen molar-refractivity contribution >= 4 is 5.91 Å².